The summed E-state index contributed by atoms with van der Waals surface area (Å²) >= 11 is 9.43. The molecule has 3 aromatic rings. The number of fused-ring (bicyclic) bond motifs is 3. The largest absolute Gasteiger partial charge is 0.478 e. The van der Waals surface area contributed by atoms with Gasteiger partial charge in [0, 0.05) is 27.0 Å². The highest BCUT2D eigenvalue weighted by Crippen LogP contribution is 2.33. The maximum atomic E-state index is 11.2. The Morgan fingerprint density at radius 2 is 2.22 bits per heavy atom. The van der Waals surface area contributed by atoms with Crippen molar-refractivity contribution in [3.63, 3.8) is 0 Å². The number of aromatic nitrogens is 2. The Bertz CT molecular complexity index is 797. The fourth-order valence-electron chi connectivity index (χ4n) is 2.00. The van der Waals surface area contributed by atoms with Crippen LogP contribution in [-0.4, -0.2) is 21.0 Å². The first-order chi connectivity index (χ1) is 8.58. The zero-order valence-corrected chi connectivity index (χ0v) is 11.2. The number of hydrogen-bond donors (Lipinski definition) is 2. The molecule has 2 heterocycles. The zero-order valence-electron chi connectivity index (χ0n) is 8.87. The quantitative estimate of drug-likeness (QED) is 0.668. The average molecular weight is 326 g/mol. The van der Waals surface area contributed by atoms with Gasteiger partial charge in [-0.05, 0) is 12.1 Å². The number of halogens is 2. The summed E-state index contributed by atoms with van der Waals surface area (Å²) in [5, 5.41) is 10.9. The number of nitrogens with zero attached hydrogens (tertiary/aromatic N) is 1. The van der Waals surface area contributed by atoms with E-state index in [1.807, 2.05) is 18.2 Å². The maximum absolute atomic E-state index is 11.2. The minimum atomic E-state index is -1.03. The minimum absolute atomic E-state index is 0.113. The van der Waals surface area contributed by atoms with Crippen LogP contribution in [0.25, 0.3) is 21.8 Å². The highest BCUT2D eigenvalue weighted by atomic mass is 79.9. The second-order valence-corrected chi connectivity index (χ2v) is 5.11. The number of pyridine rings is 1. The third-order valence-corrected chi connectivity index (χ3v) is 3.55. The van der Waals surface area contributed by atoms with Crippen LogP contribution in [0.15, 0.2) is 28.9 Å². The first-order valence-electron chi connectivity index (χ1n) is 5.06. The van der Waals surface area contributed by atoms with Crippen LogP contribution in [0.5, 0.6) is 0 Å². The topological polar surface area (TPSA) is 66.0 Å². The van der Waals surface area contributed by atoms with Crippen molar-refractivity contribution in [1.82, 2.24) is 9.97 Å². The Labute approximate surface area is 115 Å². The predicted molar refractivity (Wildman–Crippen MR) is 73.3 cm³/mol. The van der Waals surface area contributed by atoms with Crippen molar-refractivity contribution in [3.05, 3.63) is 39.6 Å². The lowest BCUT2D eigenvalue weighted by molar-refractivity contribution is 0.0698. The Balaban J connectivity index is 2.55. The SMILES string of the molecule is O=C(O)c1cnc(Cl)c2c1[nH]c1cc(Br)ccc12. The molecule has 2 aromatic heterocycles. The van der Waals surface area contributed by atoms with Crippen LogP contribution in [0.2, 0.25) is 5.15 Å². The number of aromatic carboxylic acids is 1. The van der Waals surface area contributed by atoms with E-state index in [2.05, 4.69) is 25.9 Å². The van der Waals surface area contributed by atoms with Crippen molar-refractivity contribution < 1.29 is 9.90 Å². The number of carbonyl (C=O) groups is 1. The van der Waals surface area contributed by atoms with Crippen molar-refractivity contribution in [1.29, 1.82) is 0 Å². The zero-order chi connectivity index (χ0) is 12.9. The summed E-state index contributed by atoms with van der Waals surface area (Å²) in [6.07, 6.45) is 1.26. The molecule has 2 N–H and O–H groups in total. The molecule has 0 amide bonds. The van der Waals surface area contributed by atoms with Gasteiger partial charge in [0.1, 0.15) is 10.7 Å². The van der Waals surface area contributed by atoms with Crippen LogP contribution in [0.3, 0.4) is 0 Å². The number of benzene rings is 1. The lowest BCUT2D eigenvalue weighted by atomic mass is 10.1. The molecule has 0 spiro atoms. The van der Waals surface area contributed by atoms with Crippen molar-refractivity contribution in [2.75, 3.05) is 0 Å². The van der Waals surface area contributed by atoms with Gasteiger partial charge in [0.2, 0.25) is 0 Å². The minimum Gasteiger partial charge on any atom is -0.478 e. The van der Waals surface area contributed by atoms with E-state index in [0.29, 0.717) is 16.1 Å². The molecule has 0 fully saturated rings. The number of H-pyrrole nitrogens is 1. The summed E-state index contributed by atoms with van der Waals surface area (Å²) < 4.78 is 0.905. The number of aromatic amines is 1. The summed E-state index contributed by atoms with van der Waals surface area (Å²) in [7, 11) is 0. The Morgan fingerprint density at radius 1 is 1.44 bits per heavy atom. The van der Waals surface area contributed by atoms with Crippen LogP contribution in [0, 0.1) is 0 Å². The Hall–Kier alpha value is -1.59. The van der Waals surface area contributed by atoms with Crippen LogP contribution < -0.4 is 0 Å². The molecule has 1 aromatic carbocycles. The van der Waals surface area contributed by atoms with Crippen LogP contribution in [0.4, 0.5) is 0 Å². The van der Waals surface area contributed by atoms with Crippen molar-refractivity contribution >= 4 is 55.3 Å². The third kappa shape index (κ3) is 1.59. The average Bonchev–Trinajstić information content (AvgIpc) is 2.67. The second kappa shape index (κ2) is 3.96. The van der Waals surface area contributed by atoms with E-state index in [-0.39, 0.29) is 5.56 Å². The molecule has 6 heteroatoms. The number of nitrogens with one attached hydrogen (secondary N) is 1. The second-order valence-electron chi connectivity index (χ2n) is 3.83. The van der Waals surface area contributed by atoms with Gasteiger partial charge in [-0.25, -0.2) is 9.78 Å². The summed E-state index contributed by atoms with van der Waals surface area (Å²) in [4.78, 5) is 18.2. The van der Waals surface area contributed by atoms with E-state index in [4.69, 9.17) is 16.7 Å². The fraction of sp³-hybridized carbons (Fsp3) is 0. The molecule has 4 nitrogen and oxygen atoms in total. The van der Waals surface area contributed by atoms with Crippen molar-refractivity contribution in [3.8, 4) is 0 Å². The Morgan fingerprint density at radius 3 is 2.94 bits per heavy atom. The molecule has 0 atom stereocenters. The van der Waals surface area contributed by atoms with Gasteiger partial charge in [-0.1, -0.05) is 33.6 Å². The predicted octanol–water partition coefficient (Wildman–Crippen LogP) is 3.83. The van der Waals surface area contributed by atoms with Crippen LogP contribution in [0.1, 0.15) is 10.4 Å². The third-order valence-electron chi connectivity index (χ3n) is 2.77. The monoisotopic (exact) mass is 324 g/mol. The van der Waals surface area contributed by atoms with E-state index < -0.39 is 5.97 Å². The number of hydrogen-bond acceptors (Lipinski definition) is 2. The van der Waals surface area contributed by atoms with E-state index >= 15 is 0 Å². The van der Waals surface area contributed by atoms with Crippen LogP contribution in [-0.2, 0) is 0 Å². The molecule has 90 valence electrons. The first kappa shape index (κ1) is 11.5. The highest BCUT2D eigenvalue weighted by molar-refractivity contribution is 9.10. The van der Waals surface area contributed by atoms with E-state index in [9.17, 15) is 4.79 Å². The molecule has 0 aliphatic carbocycles. The maximum Gasteiger partial charge on any atom is 0.339 e. The van der Waals surface area contributed by atoms with Gasteiger partial charge >= 0.3 is 5.97 Å². The molecule has 0 saturated heterocycles. The number of rotatable bonds is 1. The standard InChI is InChI=1S/C12H6BrClN2O2/c13-5-1-2-6-8(3-5)16-10-7(12(17)18)4-15-11(14)9(6)10/h1-4,16H,(H,17,18). The van der Waals surface area contributed by atoms with Gasteiger partial charge < -0.3 is 10.1 Å². The van der Waals surface area contributed by atoms with Crippen molar-refractivity contribution in [2.45, 2.75) is 0 Å². The molecular weight excluding hydrogens is 320 g/mol. The summed E-state index contributed by atoms with van der Waals surface area (Å²) in [6, 6.07) is 5.62. The van der Waals surface area contributed by atoms with Gasteiger partial charge in [0.25, 0.3) is 0 Å². The smallest absolute Gasteiger partial charge is 0.339 e. The normalized spacial score (nSPS) is 11.2. The summed E-state index contributed by atoms with van der Waals surface area (Å²) in [6.45, 7) is 0. The first-order valence-corrected chi connectivity index (χ1v) is 6.24. The summed E-state index contributed by atoms with van der Waals surface area (Å²) in [5.41, 5.74) is 1.43. The highest BCUT2D eigenvalue weighted by Gasteiger charge is 2.16. The number of carboxylic acids is 1. The number of carboxylic acid groups (broad SMARTS) is 1. The van der Waals surface area contributed by atoms with Gasteiger partial charge in [0.15, 0.2) is 0 Å². The van der Waals surface area contributed by atoms with Gasteiger partial charge in [-0.15, -0.1) is 0 Å². The molecule has 3 rings (SSSR count). The van der Waals surface area contributed by atoms with E-state index in [0.717, 1.165) is 15.4 Å². The van der Waals surface area contributed by atoms with Gasteiger partial charge in [-0.3, -0.25) is 0 Å². The lowest BCUT2D eigenvalue weighted by Gasteiger charge is -1.98. The van der Waals surface area contributed by atoms with Crippen molar-refractivity contribution in [2.24, 2.45) is 0 Å². The van der Waals surface area contributed by atoms with Gasteiger partial charge in [0.05, 0.1) is 5.52 Å². The molecule has 18 heavy (non-hydrogen) atoms. The summed E-state index contributed by atoms with van der Waals surface area (Å²) in [5.74, 6) is -1.03. The molecule has 0 bridgehead atoms. The molecule has 0 saturated carbocycles. The Kier molecular flexibility index (Phi) is 2.53. The molecule has 0 aliphatic rings. The van der Waals surface area contributed by atoms with Gasteiger partial charge in [-0.2, -0.15) is 0 Å². The molecule has 0 unspecified atom stereocenters. The molecule has 0 aliphatic heterocycles. The van der Waals surface area contributed by atoms with Crippen LogP contribution >= 0.6 is 27.5 Å². The van der Waals surface area contributed by atoms with E-state index in [1.165, 1.54) is 6.20 Å². The van der Waals surface area contributed by atoms with E-state index in [1.54, 1.807) is 0 Å². The molecule has 0 radical (unpaired) electrons. The lowest BCUT2D eigenvalue weighted by Crippen LogP contribution is -1.98. The molecular formula is C12H6BrClN2O2. The fourth-order valence-corrected chi connectivity index (χ4v) is 2.60.